The molecular weight excluding hydrogens is 452 g/mol. The third-order valence-corrected chi connectivity index (χ3v) is 4.97. The minimum atomic E-state index is -0.476. The van der Waals surface area contributed by atoms with Crippen molar-refractivity contribution in [3.8, 4) is 17.6 Å². The number of ether oxygens (including phenoxy) is 2. The summed E-state index contributed by atoms with van der Waals surface area (Å²) in [6.07, 6.45) is 1.58. The minimum absolute atomic E-state index is 0.0348. The number of allylic oxidation sites excluding steroid dienone is 1. The van der Waals surface area contributed by atoms with Gasteiger partial charge < -0.3 is 9.47 Å². The molecule has 3 rings (SSSR count). The lowest BCUT2D eigenvalue weighted by molar-refractivity contribution is 0.265. The van der Waals surface area contributed by atoms with E-state index in [-0.39, 0.29) is 23.6 Å². The van der Waals surface area contributed by atoms with E-state index in [0.717, 1.165) is 0 Å². The van der Waals surface area contributed by atoms with Gasteiger partial charge >= 0.3 is 0 Å². The van der Waals surface area contributed by atoms with E-state index in [9.17, 15) is 14.0 Å². The third-order valence-electron chi connectivity index (χ3n) is 4.29. The molecule has 0 N–H and O–H groups in total. The van der Waals surface area contributed by atoms with Crippen molar-refractivity contribution < 1.29 is 18.3 Å². The van der Waals surface area contributed by atoms with Gasteiger partial charge in [-0.05, 0) is 42.8 Å². The molecule has 0 bridgehead atoms. The number of nitrogens with zero attached hydrogens (tertiary/aromatic N) is 1. The molecule has 0 saturated carbocycles. The van der Waals surface area contributed by atoms with E-state index >= 15 is 0 Å². The fourth-order valence-corrected chi connectivity index (χ4v) is 3.26. The quantitative estimate of drug-likeness (QED) is 0.283. The average Bonchev–Trinajstić information content (AvgIpc) is 2.74. The van der Waals surface area contributed by atoms with Gasteiger partial charge in [0.05, 0.1) is 18.2 Å². The average molecular weight is 470 g/mol. The monoisotopic (exact) mass is 469 g/mol. The van der Waals surface area contributed by atoms with Gasteiger partial charge in [0.15, 0.2) is 11.5 Å². The van der Waals surface area contributed by atoms with Crippen molar-refractivity contribution >= 4 is 27.6 Å². The van der Waals surface area contributed by atoms with Gasteiger partial charge in [0, 0.05) is 15.6 Å². The van der Waals surface area contributed by atoms with Crippen LogP contribution in [0.3, 0.4) is 0 Å². The Hall–Kier alpha value is -3.17. The zero-order valence-electron chi connectivity index (χ0n) is 16.2. The Labute approximate surface area is 182 Å². The summed E-state index contributed by atoms with van der Waals surface area (Å²) in [6, 6.07) is 17.9. The summed E-state index contributed by atoms with van der Waals surface area (Å²) in [5, 5.41) is 9.53. The molecule has 0 atom stereocenters. The topological polar surface area (TPSA) is 42.2 Å². The Kier molecular flexibility index (Phi) is 7.21. The van der Waals surface area contributed by atoms with Gasteiger partial charge in [-0.3, -0.25) is 0 Å². The first kappa shape index (κ1) is 21.5. The maximum absolute atomic E-state index is 14.1. The Morgan fingerprint density at radius 2 is 1.67 bits per heavy atom. The Balaban J connectivity index is 1.95. The van der Waals surface area contributed by atoms with Crippen molar-refractivity contribution in [1.82, 2.24) is 0 Å². The summed E-state index contributed by atoms with van der Waals surface area (Å²) >= 11 is 3.46. The van der Waals surface area contributed by atoms with Crippen LogP contribution < -0.4 is 9.47 Å². The van der Waals surface area contributed by atoms with Gasteiger partial charge in [0.2, 0.25) is 0 Å². The zero-order chi connectivity index (χ0) is 21.5. The molecule has 0 saturated heterocycles. The molecule has 0 fully saturated rings. The van der Waals surface area contributed by atoms with E-state index in [1.807, 2.05) is 13.0 Å². The zero-order valence-corrected chi connectivity index (χ0v) is 17.7. The molecule has 0 aliphatic heterocycles. The van der Waals surface area contributed by atoms with Crippen LogP contribution in [0, 0.1) is 23.0 Å². The lowest BCUT2D eigenvalue weighted by Gasteiger charge is -2.14. The van der Waals surface area contributed by atoms with Crippen LogP contribution in [-0.4, -0.2) is 6.61 Å². The van der Waals surface area contributed by atoms with Gasteiger partial charge in [-0.1, -0.05) is 52.3 Å². The molecule has 3 aromatic carbocycles. The second kappa shape index (κ2) is 10.0. The maximum Gasteiger partial charge on any atom is 0.162 e. The molecule has 0 aliphatic carbocycles. The smallest absolute Gasteiger partial charge is 0.162 e. The molecule has 0 aromatic heterocycles. The number of nitriles is 1. The molecule has 0 unspecified atom stereocenters. The van der Waals surface area contributed by atoms with E-state index in [4.69, 9.17) is 9.47 Å². The molecule has 6 heteroatoms. The van der Waals surface area contributed by atoms with Crippen LogP contribution in [0.15, 0.2) is 65.1 Å². The van der Waals surface area contributed by atoms with Gasteiger partial charge in [-0.15, -0.1) is 0 Å². The molecule has 30 heavy (non-hydrogen) atoms. The molecule has 0 radical (unpaired) electrons. The fourth-order valence-electron chi connectivity index (χ4n) is 2.82. The first-order valence-electron chi connectivity index (χ1n) is 9.22. The van der Waals surface area contributed by atoms with Crippen molar-refractivity contribution in [3.63, 3.8) is 0 Å². The lowest BCUT2D eigenvalue weighted by atomic mass is 10.0. The number of hydrogen-bond acceptors (Lipinski definition) is 3. The van der Waals surface area contributed by atoms with Crippen molar-refractivity contribution in [3.05, 3.63) is 93.5 Å². The van der Waals surface area contributed by atoms with E-state index < -0.39 is 5.82 Å². The van der Waals surface area contributed by atoms with Gasteiger partial charge in [-0.2, -0.15) is 5.26 Å². The highest BCUT2D eigenvalue weighted by Crippen LogP contribution is 2.36. The molecular formula is C24H18BrF2NO2. The van der Waals surface area contributed by atoms with Crippen LogP contribution >= 0.6 is 15.9 Å². The van der Waals surface area contributed by atoms with E-state index in [2.05, 4.69) is 15.9 Å². The first-order valence-corrected chi connectivity index (χ1v) is 10.0. The summed E-state index contributed by atoms with van der Waals surface area (Å²) in [6.45, 7) is 2.25. The molecule has 152 valence electrons. The third kappa shape index (κ3) is 5.05. The van der Waals surface area contributed by atoms with E-state index in [1.54, 1.807) is 54.6 Å². The molecule has 3 nitrogen and oxygen atoms in total. The van der Waals surface area contributed by atoms with Crippen LogP contribution in [0.1, 0.15) is 23.6 Å². The SMILES string of the molecule is CCOc1cc(/C=C(/C#N)c2ccccc2F)c(Br)cc1OCc1ccccc1F. The molecule has 0 aliphatic rings. The van der Waals surface area contributed by atoms with Crippen LogP contribution in [-0.2, 0) is 6.61 Å². The predicted molar refractivity (Wildman–Crippen MR) is 116 cm³/mol. The Morgan fingerprint density at radius 3 is 2.33 bits per heavy atom. The Morgan fingerprint density at radius 1 is 1.00 bits per heavy atom. The number of hydrogen-bond donors (Lipinski definition) is 0. The van der Waals surface area contributed by atoms with Crippen LogP contribution in [0.2, 0.25) is 0 Å². The molecule has 0 heterocycles. The summed E-state index contributed by atoms with van der Waals surface area (Å²) in [5.41, 5.74) is 1.43. The van der Waals surface area contributed by atoms with Crippen molar-refractivity contribution in [2.24, 2.45) is 0 Å². The minimum Gasteiger partial charge on any atom is -0.490 e. The van der Waals surface area contributed by atoms with Crippen LogP contribution in [0.4, 0.5) is 8.78 Å². The van der Waals surface area contributed by atoms with Gasteiger partial charge in [0.1, 0.15) is 18.2 Å². The second-order valence-electron chi connectivity index (χ2n) is 6.28. The standard InChI is InChI=1S/C24H18BrF2NO2/c1-2-29-23-12-17(11-18(14-28)19-8-4-6-10-22(19)27)20(25)13-24(23)30-15-16-7-3-5-9-21(16)26/h3-13H,2,15H2,1H3/b18-11-. The maximum atomic E-state index is 14.1. The largest absolute Gasteiger partial charge is 0.490 e. The normalized spacial score (nSPS) is 11.1. The van der Waals surface area contributed by atoms with Crippen molar-refractivity contribution in [1.29, 1.82) is 5.26 Å². The highest BCUT2D eigenvalue weighted by Gasteiger charge is 2.13. The van der Waals surface area contributed by atoms with Crippen LogP contribution in [0.25, 0.3) is 11.6 Å². The summed E-state index contributed by atoms with van der Waals surface area (Å²) < 4.78 is 40.1. The first-order chi connectivity index (χ1) is 14.5. The molecule has 0 spiro atoms. The summed E-state index contributed by atoms with van der Waals surface area (Å²) in [5.74, 6) is 0.0385. The molecule has 0 amide bonds. The lowest BCUT2D eigenvalue weighted by Crippen LogP contribution is -2.02. The highest BCUT2D eigenvalue weighted by atomic mass is 79.9. The van der Waals surface area contributed by atoms with Crippen molar-refractivity contribution in [2.45, 2.75) is 13.5 Å². The second-order valence-corrected chi connectivity index (χ2v) is 7.14. The van der Waals surface area contributed by atoms with E-state index in [1.165, 1.54) is 12.1 Å². The fraction of sp³-hybridized carbons (Fsp3) is 0.125. The van der Waals surface area contributed by atoms with Gasteiger partial charge in [-0.25, -0.2) is 8.78 Å². The summed E-state index contributed by atoms with van der Waals surface area (Å²) in [7, 11) is 0. The number of halogens is 3. The predicted octanol–water partition coefficient (Wildman–Crippen LogP) is 6.77. The van der Waals surface area contributed by atoms with Crippen molar-refractivity contribution in [2.75, 3.05) is 6.61 Å². The number of rotatable bonds is 7. The number of benzene rings is 3. The highest BCUT2D eigenvalue weighted by molar-refractivity contribution is 9.10. The van der Waals surface area contributed by atoms with E-state index in [0.29, 0.717) is 33.7 Å². The van der Waals surface area contributed by atoms with Gasteiger partial charge in [0.25, 0.3) is 0 Å². The Bertz CT molecular complexity index is 1120. The summed E-state index contributed by atoms with van der Waals surface area (Å²) in [4.78, 5) is 0. The molecule has 3 aromatic rings. The van der Waals surface area contributed by atoms with Crippen LogP contribution in [0.5, 0.6) is 11.5 Å².